The lowest BCUT2D eigenvalue weighted by molar-refractivity contribution is -0.100. The molecule has 2 rings (SSSR count). The first-order valence-electron chi connectivity index (χ1n) is 5.75. The maximum atomic E-state index is 5.75. The maximum Gasteiger partial charge on any atom is 0.0554 e. The van der Waals surface area contributed by atoms with Gasteiger partial charge >= 0.3 is 0 Å². The van der Waals surface area contributed by atoms with Crippen LogP contribution < -0.4 is 11.1 Å². The van der Waals surface area contributed by atoms with E-state index in [2.05, 4.69) is 12.2 Å². The summed E-state index contributed by atoms with van der Waals surface area (Å²) in [6.07, 6.45) is 3.95. The molecule has 0 aromatic rings. The van der Waals surface area contributed by atoms with Gasteiger partial charge in [0.2, 0.25) is 0 Å². The van der Waals surface area contributed by atoms with Crippen molar-refractivity contribution in [2.75, 3.05) is 26.3 Å². The van der Waals surface area contributed by atoms with E-state index in [1.165, 1.54) is 19.3 Å². The second-order valence-corrected chi connectivity index (χ2v) is 5.22. The van der Waals surface area contributed by atoms with E-state index in [-0.39, 0.29) is 0 Å². The number of nitrogens with two attached hydrogens (primary N) is 1. The van der Waals surface area contributed by atoms with E-state index in [1.54, 1.807) is 0 Å². The number of hydrogen-bond donors (Lipinski definition) is 2. The van der Waals surface area contributed by atoms with Crippen LogP contribution in [0.2, 0.25) is 0 Å². The van der Waals surface area contributed by atoms with Crippen molar-refractivity contribution in [1.82, 2.24) is 5.32 Å². The standard InChI is InChI=1S/C11H22N2O/c1-11(7-14-8-11)6-13-10-4-2-3-9(10)5-12/h9-10,13H,2-8,12H2,1H3. The highest BCUT2D eigenvalue weighted by atomic mass is 16.5. The highest BCUT2D eigenvalue weighted by Crippen LogP contribution is 2.28. The first-order chi connectivity index (χ1) is 6.73. The average molecular weight is 198 g/mol. The quantitative estimate of drug-likeness (QED) is 0.700. The highest BCUT2D eigenvalue weighted by molar-refractivity contribution is 4.89. The van der Waals surface area contributed by atoms with Crippen LogP contribution in [0.1, 0.15) is 26.2 Å². The molecule has 0 bridgehead atoms. The van der Waals surface area contributed by atoms with Gasteiger partial charge in [0.1, 0.15) is 0 Å². The van der Waals surface area contributed by atoms with E-state index in [4.69, 9.17) is 10.5 Å². The molecule has 1 aliphatic carbocycles. The summed E-state index contributed by atoms with van der Waals surface area (Å²) in [6, 6.07) is 0.664. The van der Waals surface area contributed by atoms with E-state index >= 15 is 0 Å². The van der Waals surface area contributed by atoms with Crippen LogP contribution in [0, 0.1) is 11.3 Å². The fourth-order valence-corrected chi connectivity index (χ4v) is 2.52. The Bertz CT molecular complexity index is 192. The van der Waals surface area contributed by atoms with Gasteiger partial charge in [-0.25, -0.2) is 0 Å². The van der Waals surface area contributed by atoms with Gasteiger partial charge < -0.3 is 15.8 Å². The molecule has 14 heavy (non-hydrogen) atoms. The van der Waals surface area contributed by atoms with Gasteiger partial charge in [-0.05, 0) is 25.3 Å². The summed E-state index contributed by atoms with van der Waals surface area (Å²) in [5, 5.41) is 3.67. The maximum absolute atomic E-state index is 5.75. The summed E-state index contributed by atoms with van der Waals surface area (Å²) in [4.78, 5) is 0. The van der Waals surface area contributed by atoms with Gasteiger partial charge in [-0.1, -0.05) is 13.3 Å². The predicted octanol–water partition coefficient (Wildman–Crippen LogP) is 0.740. The van der Waals surface area contributed by atoms with Crippen molar-refractivity contribution < 1.29 is 4.74 Å². The van der Waals surface area contributed by atoms with Crippen molar-refractivity contribution in [2.24, 2.45) is 17.1 Å². The molecule has 0 spiro atoms. The van der Waals surface area contributed by atoms with Crippen LogP contribution in [0.4, 0.5) is 0 Å². The van der Waals surface area contributed by atoms with Crippen LogP contribution in [-0.2, 0) is 4.74 Å². The average Bonchev–Trinajstić information content (AvgIpc) is 2.58. The monoisotopic (exact) mass is 198 g/mol. The summed E-state index contributed by atoms with van der Waals surface area (Å²) in [5.74, 6) is 0.708. The second kappa shape index (κ2) is 4.17. The van der Waals surface area contributed by atoms with Crippen LogP contribution in [-0.4, -0.2) is 32.3 Å². The Morgan fingerprint density at radius 2 is 2.21 bits per heavy atom. The Labute approximate surface area is 86.4 Å². The van der Waals surface area contributed by atoms with Crippen LogP contribution in [0.5, 0.6) is 0 Å². The summed E-state index contributed by atoms with van der Waals surface area (Å²) in [5.41, 5.74) is 6.14. The van der Waals surface area contributed by atoms with E-state index in [9.17, 15) is 0 Å². The van der Waals surface area contributed by atoms with Gasteiger partial charge in [0, 0.05) is 18.0 Å². The Morgan fingerprint density at radius 3 is 2.79 bits per heavy atom. The van der Waals surface area contributed by atoms with Gasteiger partial charge in [-0.15, -0.1) is 0 Å². The highest BCUT2D eigenvalue weighted by Gasteiger charge is 2.35. The molecule has 3 heteroatoms. The fourth-order valence-electron chi connectivity index (χ4n) is 2.52. The normalized spacial score (nSPS) is 35.6. The zero-order chi connectivity index (χ0) is 10.0. The van der Waals surface area contributed by atoms with Crippen LogP contribution in [0.3, 0.4) is 0 Å². The number of rotatable bonds is 4. The SMILES string of the molecule is CC1(CNC2CCCC2CN)COC1. The first kappa shape index (κ1) is 10.4. The fraction of sp³-hybridized carbons (Fsp3) is 1.00. The summed E-state index contributed by atoms with van der Waals surface area (Å²) in [6.45, 7) is 6.05. The van der Waals surface area contributed by atoms with Gasteiger partial charge in [-0.3, -0.25) is 0 Å². The minimum atomic E-state index is 0.391. The van der Waals surface area contributed by atoms with Crippen LogP contribution in [0.15, 0.2) is 0 Å². The largest absolute Gasteiger partial charge is 0.380 e. The van der Waals surface area contributed by atoms with Crippen LogP contribution in [0.25, 0.3) is 0 Å². The number of hydrogen-bond acceptors (Lipinski definition) is 3. The van der Waals surface area contributed by atoms with E-state index in [1.807, 2.05) is 0 Å². The molecule has 1 aliphatic heterocycles. The molecule has 0 amide bonds. The zero-order valence-electron chi connectivity index (χ0n) is 9.09. The Kier molecular flexibility index (Phi) is 3.10. The van der Waals surface area contributed by atoms with E-state index < -0.39 is 0 Å². The zero-order valence-corrected chi connectivity index (χ0v) is 9.09. The van der Waals surface area contributed by atoms with Crippen molar-refractivity contribution >= 4 is 0 Å². The molecule has 2 aliphatic rings. The number of nitrogens with one attached hydrogen (secondary N) is 1. The van der Waals surface area contributed by atoms with Crippen LogP contribution >= 0.6 is 0 Å². The van der Waals surface area contributed by atoms with E-state index in [0.717, 1.165) is 26.3 Å². The molecule has 1 heterocycles. The smallest absolute Gasteiger partial charge is 0.0554 e. The molecule has 0 radical (unpaired) electrons. The van der Waals surface area contributed by atoms with Gasteiger partial charge in [-0.2, -0.15) is 0 Å². The van der Waals surface area contributed by atoms with Gasteiger partial charge in [0.15, 0.2) is 0 Å². The van der Waals surface area contributed by atoms with Gasteiger partial charge in [0.05, 0.1) is 13.2 Å². The minimum Gasteiger partial charge on any atom is -0.380 e. The van der Waals surface area contributed by atoms with E-state index in [0.29, 0.717) is 17.4 Å². The second-order valence-electron chi connectivity index (χ2n) is 5.22. The summed E-state index contributed by atoms with van der Waals surface area (Å²) >= 11 is 0. The topological polar surface area (TPSA) is 47.3 Å². The third-order valence-electron chi connectivity index (χ3n) is 3.65. The molecule has 82 valence electrons. The lowest BCUT2D eigenvalue weighted by Gasteiger charge is -2.39. The molecule has 3 N–H and O–H groups in total. The Hall–Kier alpha value is -0.120. The molecule has 0 aromatic heterocycles. The molecular weight excluding hydrogens is 176 g/mol. The summed E-state index contributed by atoms with van der Waals surface area (Å²) < 4.78 is 5.24. The third-order valence-corrected chi connectivity index (χ3v) is 3.65. The van der Waals surface area contributed by atoms with Crippen molar-refractivity contribution in [1.29, 1.82) is 0 Å². The van der Waals surface area contributed by atoms with Crippen molar-refractivity contribution in [3.8, 4) is 0 Å². The van der Waals surface area contributed by atoms with Crippen molar-refractivity contribution in [3.63, 3.8) is 0 Å². The van der Waals surface area contributed by atoms with Gasteiger partial charge in [0.25, 0.3) is 0 Å². The third kappa shape index (κ3) is 2.10. The Morgan fingerprint density at radius 1 is 1.43 bits per heavy atom. The first-order valence-corrected chi connectivity index (χ1v) is 5.75. The lowest BCUT2D eigenvalue weighted by atomic mass is 9.88. The molecule has 3 nitrogen and oxygen atoms in total. The molecule has 2 fully saturated rings. The lowest BCUT2D eigenvalue weighted by Crippen LogP contribution is -2.50. The molecule has 0 aromatic carbocycles. The molecule has 2 unspecified atom stereocenters. The molecule has 2 atom stereocenters. The number of ether oxygens (including phenoxy) is 1. The Balaban J connectivity index is 1.74. The summed E-state index contributed by atoms with van der Waals surface area (Å²) in [7, 11) is 0. The molecule has 1 saturated heterocycles. The van der Waals surface area contributed by atoms with Crippen molar-refractivity contribution in [3.05, 3.63) is 0 Å². The minimum absolute atomic E-state index is 0.391. The molecule has 1 saturated carbocycles. The molecular formula is C11H22N2O. The van der Waals surface area contributed by atoms with Crippen molar-refractivity contribution in [2.45, 2.75) is 32.2 Å². The predicted molar refractivity (Wildman–Crippen MR) is 57.1 cm³/mol.